The molecular formula is C55H36N2. The largest absolute Gasteiger partial charge is 0.310 e. The Kier molecular flexibility index (Phi) is 6.88. The van der Waals surface area contributed by atoms with Gasteiger partial charge >= 0.3 is 0 Å². The van der Waals surface area contributed by atoms with Crippen molar-refractivity contribution in [2.75, 3.05) is 4.90 Å². The Morgan fingerprint density at radius 3 is 1.47 bits per heavy atom. The van der Waals surface area contributed by atoms with Gasteiger partial charge in [-0.05, 0) is 110 Å². The summed E-state index contributed by atoms with van der Waals surface area (Å²) in [6.45, 7) is 0. The Morgan fingerprint density at radius 2 is 0.825 bits per heavy atom. The molecule has 0 bridgehead atoms. The van der Waals surface area contributed by atoms with Gasteiger partial charge in [-0.2, -0.15) is 0 Å². The van der Waals surface area contributed by atoms with Crippen LogP contribution in [0.25, 0.3) is 60.9 Å². The van der Waals surface area contributed by atoms with Gasteiger partial charge in [0.05, 0.1) is 27.8 Å². The Hall–Kier alpha value is -7.42. The zero-order valence-electron chi connectivity index (χ0n) is 31.2. The van der Waals surface area contributed by atoms with Gasteiger partial charge in [-0.15, -0.1) is 0 Å². The molecule has 1 aromatic heterocycles. The van der Waals surface area contributed by atoms with Gasteiger partial charge < -0.3 is 9.47 Å². The summed E-state index contributed by atoms with van der Waals surface area (Å²) < 4.78 is 2.50. The molecule has 0 N–H and O–H groups in total. The lowest BCUT2D eigenvalue weighted by atomic mass is 9.64. The number of fused-ring (bicyclic) bond motifs is 12. The average molecular weight is 725 g/mol. The molecule has 0 atom stereocenters. The second kappa shape index (κ2) is 12.3. The molecule has 2 heteroatoms. The predicted octanol–water partition coefficient (Wildman–Crippen LogP) is 14.3. The molecule has 0 saturated heterocycles. The maximum Gasteiger partial charge on any atom is 0.0754 e. The van der Waals surface area contributed by atoms with E-state index in [1.807, 2.05) is 0 Å². The van der Waals surface area contributed by atoms with E-state index in [1.54, 1.807) is 0 Å². The fourth-order valence-electron chi connectivity index (χ4n) is 10.0. The molecule has 2 heterocycles. The molecule has 0 amide bonds. The average Bonchev–Trinajstić information content (AvgIpc) is 3.77. The number of benzene rings is 9. The molecule has 1 aliphatic carbocycles. The molecule has 0 radical (unpaired) electrons. The van der Waals surface area contributed by atoms with E-state index in [2.05, 4.69) is 228 Å². The number of hydrogen-bond donors (Lipinski definition) is 0. The third-order valence-electron chi connectivity index (χ3n) is 12.3. The quantitative estimate of drug-likeness (QED) is 0.175. The lowest BCUT2D eigenvalue weighted by Crippen LogP contribution is -2.36. The summed E-state index contributed by atoms with van der Waals surface area (Å²) in [5.41, 5.74) is 19.1. The van der Waals surface area contributed by atoms with Gasteiger partial charge in [0.15, 0.2) is 0 Å². The molecule has 1 spiro atoms. The Bertz CT molecular complexity index is 3070. The van der Waals surface area contributed by atoms with Crippen LogP contribution in [0.2, 0.25) is 0 Å². The van der Waals surface area contributed by atoms with Crippen molar-refractivity contribution in [2.24, 2.45) is 0 Å². The van der Waals surface area contributed by atoms with Gasteiger partial charge in [0.2, 0.25) is 0 Å². The summed E-state index contributed by atoms with van der Waals surface area (Å²) in [6.07, 6.45) is 0. The minimum absolute atomic E-state index is 0.518. The molecule has 1 aliphatic heterocycles. The second-order valence-corrected chi connectivity index (χ2v) is 15.3. The molecule has 9 aromatic carbocycles. The number of para-hydroxylation sites is 3. The smallest absolute Gasteiger partial charge is 0.0754 e. The van der Waals surface area contributed by atoms with Crippen molar-refractivity contribution >= 4 is 38.9 Å². The van der Waals surface area contributed by atoms with Gasteiger partial charge in [-0.25, -0.2) is 0 Å². The number of hydrogen-bond acceptors (Lipinski definition) is 1. The van der Waals surface area contributed by atoms with E-state index in [9.17, 15) is 0 Å². The van der Waals surface area contributed by atoms with Gasteiger partial charge in [0.1, 0.15) is 0 Å². The van der Waals surface area contributed by atoms with E-state index < -0.39 is 5.41 Å². The van der Waals surface area contributed by atoms with Crippen LogP contribution in [0.1, 0.15) is 22.3 Å². The lowest BCUT2D eigenvalue weighted by Gasteiger charge is -2.45. The highest BCUT2D eigenvalue weighted by molar-refractivity contribution is 6.12. The highest BCUT2D eigenvalue weighted by Gasteiger charge is 2.51. The van der Waals surface area contributed by atoms with Crippen LogP contribution in [-0.2, 0) is 5.41 Å². The summed E-state index contributed by atoms with van der Waals surface area (Å²) in [6, 6.07) is 80.7. The first-order valence-electron chi connectivity index (χ1n) is 19.8. The van der Waals surface area contributed by atoms with Crippen molar-refractivity contribution in [3.05, 3.63) is 241 Å². The highest BCUT2D eigenvalue weighted by atomic mass is 15.2. The van der Waals surface area contributed by atoms with Crippen LogP contribution in [0.15, 0.2) is 218 Å². The van der Waals surface area contributed by atoms with Crippen molar-refractivity contribution < 1.29 is 0 Å². The maximum absolute atomic E-state index is 2.54. The van der Waals surface area contributed by atoms with Crippen LogP contribution in [0, 0.1) is 0 Å². The van der Waals surface area contributed by atoms with Crippen LogP contribution in [0.3, 0.4) is 0 Å². The molecular weight excluding hydrogens is 689 g/mol. The van der Waals surface area contributed by atoms with Gasteiger partial charge in [-0.3, -0.25) is 0 Å². The zero-order chi connectivity index (χ0) is 37.5. The first kappa shape index (κ1) is 31.9. The summed E-state index contributed by atoms with van der Waals surface area (Å²) in [5, 5.41) is 2.48. The minimum atomic E-state index is -0.518. The zero-order valence-corrected chi connectivity index (χ0v) is 31.2. The van der Waals surface area contributed by atoms with Gasteiger partial charge in [0.25, 0.3) is 0 Å². The number of aromatic nitrogens is 1. The molecule has 10 aromatic rings. The standard InChI is InChI=1S/C55H36N2/c1-4-18-37(19-5-1)39-32-40(38-20-6-2-7-21-38)34-42(33-39)57-51-30-16-12-26-45(51)46-35-50-54(36-53(46)57)56(41-22-8-3-9-23-41)52-31-17-15-29-49(52)55(50)47-27-13-10-24-43(47)44-25-11-14-28-48(44)55/h1-36H. The van der Waals surface area contributed by atoms with Crippen LogP contribution < -0.4 is 4.90 Å². The van der Waals surface area contributed by atoms with E-state index in [1.165, 1.54) is 88.8 Å². The molecule has 57 heavy (non-hydrogen) atoms. The summed E-state index contributed by atoms with van der Waals surface area (Å²) in [5.74, 6) is 0. The first-order valence-corrected chi connectivity index (χ1v) is 19.8. The molecule has 0 saturated carbocycles. The molecule has 12 rings (SSSR count). The Labute approximate surface area is 332 Å². The van der Waals surface area contributed by atoms with Crippen LogP contribution in [0.5, 0.6) is 0 Å². The van der Waals surface area contributed by atoms with E-state index in [0.717, 1.165) is 11.4 Å². The third kappa shape index (κ3) is 4.53. The number of rotatable bonds is 4. The lowest BCUT2D eigenvalue weighted by molar-refractivity contribution is 0.754. The van der Waals surface area contributed by atoms with E-state index in [-0.39, 0.29) is 0 Å². The SMILES string of the molecule is c1ccc(-c2cc(-c3ccccc3)cc(-n3c4ccccc4c4cc5c(cc43)N(c3ccccc3)c3ccccc3C53c4ccccc4-c4ccccc43)c2)cc1. The van der Waals surface area contributed by atoms with E-state index >= 15 is 0 Å². The summed E-state index contributed by atoms with van der Waals surface area (Å²) in [4.78, 5) is 2.50. The Balaban J connectivity index is 1.23. The van der Waals surface area contributed by atoms with Gasteiger partial charge in [-0.1, -0.05) is 164 Å². The predicted molar refractivity (Wildman–Crippen MR) is 237 cm³/mol. The number of anilines is 3. The topological polar surface area (TPSA) is 8.17 Å². The highest BCUT2D eigenvalue weighted by Crippen LogP contribution is 2.64. The second-order valence-electron chi connectivity index (χ2n) is 15.3. The van der Waals surface area contributed by atoms with Crippen molar-refractivity contribution in [2.45, 2.75) is 5.41 Å². The summed E-state index contributed by atoms with van der Waals surface area (Å²) in [7, 11) is 0. The fraction of sp³-hybridized carbons (Fsp3) is 0.0182. The maximum atomic E-state index is 2.54. The fourth-order valence-corrected chi connectivity index (χ4v) is 10.0. The van der Waals surface area contributed by atoms with E-state index in [4.69, 9.17) is 0 Å². The van der Waals surface area contributed by atoms with E-state index in [0.29, 0.717) is 0 Å². The van der Waals surface area contributed by atoms with Crippen LogP contribution in [-0.4, -0.2) is 4.57 Å². The Morgan fingerprint density at radius 1 is 0.298 bits per heavy atom. The normalized spacial score (nSPS) is 13.4. The molecule has 266 valence electrons. The van der Waals surface area contributed by atoms with Crippen LogP contribution >= 0.6 is 0 Å². The third-order valence-corrected chi connectivity index (χ3v) is 12.3. The van der Waals surface area contributed by atoms with Gasteiger partial charge in [0, 0.05) is 22.1 Å². The van der Waals surface area contributed by atoms with Crippen molar-refractivity contribution in [1.82, 2.24) is 4.57 Å². The van der Waals surface area contributed by atoms with Crippen molar-refractivity contribution in [3.8, 4) is 39.1 Å². The number of nitrogens with zero attached hydrogens (tertiary/aromatic N) is 2. The van der Waals surface area contributed by atoms with Crippen molar-refractivity contribution in [3.63, 3.8) is 0 Å². The monoisotopic (exact) mass is 724 g/mol. The molecule has 0 fully saturated rings. The van der Waals surface area contributed by atoms with Crippen molar-refractivity contribution in [1.29, 1.82) is 0 Å². The first-order chi connectivity index (χ1) is 28.3. The minimum Gasteiger partial charge on any atom is -0.310 e. The summed E-state index contributed by atoms with van der Waals surface area (Å²) >= 11 is 0. The molecule has 2 nitrogen and oxygen atoms in total. The van der Waals surface area contributed by atoms with Crippen LogP contribution in [0.4, 0.5) is 17.1 Å². The molecule has 0 unspecified atom stereocenters. The molecule has 2 aliphatic rings.